The van der Waals surface area contributed by atoms with Crippen molar-refractivity contribution in [1.29, 1.82) is 0 Å². The molecular weight excluding hydrogens is 365 g/mol. The number of rotatable bonds is 5. The third-order valence-electron chi connectivity index (χ3n) is 3.47. The number of thioether (sulfide) groups is 1. The zero-order valence-corrected chi connectivity index (χ0v) is 15.0. The molecule has 2 aromatic carbocycles. The number of nitrogens with one attached hydrogen (secondary N) is 1. The van der Waals surface area contributed by atoms with Crippen LogP contribution in [0.1, 0.15) is 12.0 Å². The summed E-state index contributed by atoms with van der Waals surface area (Å²) in [5, 5.41) is 3.18. The van der Waals surface area contributed by atoms with Crippen LogP contribution in [0, 0.1) is 5.82 Å². The molecule has 0 aromatic heterocycles. The first-order valence-electron chi connectivity index (χ1n) is 7.83. The maximum Gasteiger partial charge on any atom is 0.234 e. The third kappa shape index (κ3) is 5.03. The Morgan fingerprint density at radius 1 is 1.24 bits per heavy atom. The zero-order valence-electron chi connectivity index (χ0n) is 13.4. The summed E-state index contributed by atoms with van der Waals surface area (Å²) in [7, 11) is 0. The molecule has 2 aromatic rings. The second kappa shape index (κ2) is 8.45. The lowest BCUT2D eigenvalue weighted by Gasteiger charge is -2.11. The summed E-state index contributed by atoms with van der Waals surface area (Å²) in [4.78, 5) is 11.9. The first-order valence-corrected chi connectivity index (χ1v) is 9.36. The summed E-state index contributed by atoms with van der Waals surface area (Å²) in [6, 6.07) is 9.54. The van der Waals surface area contributed by atoms with Crippen molar-refractivity contribution in [3.05, 3.63) is 52.8 Å². The Morgan fingerprint density at radius 2 is 2.08 bits per heavy atom. The highest BCUT2D eigenvalue weighted by atomic mass is 35.5. The van der Waals surface area contributed by atoms with E-state index in [1.165, 1.54) is 23.9 Å². The van der Waals surface area contributed by atoms with Gasteiger partial charge in [-0.1, -0.05) is 17.7 Å². The fraction of sp³-hybridized carbons (Fsp3) is 0.278. The molecule has 0 saturated heterocycles. The minimum Gasteiger partial charge on any atom is -0.489 e. The van der Waals surface area contributed by atoms with Gasteiger partial charge in [0.25, 0.3) is 0 Å². The van der Waals surface area contributed by atoms with Crippen molar-refractivity contribution >= 4 is 35.0 Å². The number of hydrogen-bond donors (Lipinski definition) is 1. The second-order valence-corrected chi connectivity index (χ2v) is 6.90. The summed E-state index contributed by atoms with van der Waals surface area (Å²) in [5.41, 5.74) is 1.40. The van der Waals surface area contributed by atoms with Crippen LogP contribution in [0.5, 0.6) is 11.5 Å². The average molecular weight is 382 g/mol. The van der Waals surface area contributed by atoms with Crippen LogP contribution in [0.25, 0.3) is 0 Å². The molecule has 1 heterocycles. The van der Waals surface area contributed by atoms with Crippen molar-refractivity contribution in [2.45, 2.75) is 12.2 Å². The van der Waals surface area contributed by atoms with E-state index in [0.717, 1.165) is 12.0 Å². The monoisotopic (exact) mass is 381 g/mol. The summed E-state index contributed by atoms with van der Waals surface area (Å²) in [5.74, 6) is 1.51. The number of amides is 1. The van der Waals surface area contributed by atoms with Crippen LogP contribution in [0.2, 0.25) is 5.02 Å². The third-order valence-corrected chi connectivity index (χ3v) is 4.76. The number of carbonyl (C=O) groups is 1. The minimum absolute atomic E-state index is 0.184. The largest absolute Gasteiger partial charge is 0.489 e. The van der Waals surface area contributed by atoms with E-state index in [-0.39, 0.29) is 17.5 Å². The van der Waals surface area contributed by atoms with Gasteiger partial charge in [-0.3, -0.25) is 4.79 Å². The molecule has 4 nitrogen and oxygen atoms in total. The van der Waals surface area contributed by atoms with Gasteiger partial charge in [-0.05, 0) is 35.9 Å². The smallest absolute Gasteiger partial charge is 0.234 e. The molecule has 0 bridgehead atoms. The van der Waals surface area contributed by atoms with Gasteiger partial charge in [0.05, 0.1) is 24.0 Å². The van der Waals surface area contributed by atoms with Gasteiger partial charge in [0.15, 0.2) is 11.5 Å². The Labute approximate surface area is 154 Å². The van der Waals surface area contributed by atoms with Gasteiger partial charge in [0, 0.05) is 17.9 Å². The summed E-state index contributed by atoms with van der Waals surface area (Å²) >= 11 is 7.70. The summed E-state index contributed by atoms with van der Waals surface area (Å²) in [6.45, 7) is 1.18. The number of fused-ring (bicyclic) bond motifs is 1. The molecule has 0 unspecified atom stereocenters. The number of benzene rings is 2. The van der Waals surface area contributed by atoms with Gasteiger partial charge in [0.2, 0.25) is 5.91 Å². The van der Waals surface area contributed by atoms with Gasteiger partial charge >= 0.3 is 0 Å². The van der Waals surface area contributed by atoms with Crippen molar-refractivity contribution in [2.75, 3.05) is 24.3 Å². The predicted octanol–water partition coefficient (Wildman–Crippen LogP) is 4.51. The van der Waals surface area contributed by atoms with Crippen LogP contribution in [-0.2, 0) is 10.5 Å². The predicted molar refractivity (Wildman–Crippen MR) is 98.3 cm³/mol. The fourth-order valence-electron chi connectivity index (χ4n) is 2.39. The Bertz CT molecular complexity index is 772. The molecule has 0 aliphatic carbocycles. The SMILES string of the molecule is O=C(CSCc1cc(Cl)c2c(c1)OCCCO2)Nc1cccc(F)c1. The fourth-order valence-corrected chi connectivity index (χ4v) is 3.44. The first-order chi connectivity index (χ1) is 12.1. The Morgan fingerprint density at radius 3 is 2.92 bits per heavy atom. The first kappa shape index (κ1) is 17.9. The van der Waals surface area contributed by atoms with Gasteiger partial charge < -0.3 is 14.8 Å². The van der Waals surface area contributed by atoms with E-state index in [0.29, 0.717) is 41.2 Å². The molecule has 1 N–H and O–H groups in total. The van der Waals surface area contributed by atoms with Gasteiger partial charge in [0.1, 0.15) is 5.82 Å². The molecule has 1 amide bonds. The highest BCUT2D eigenvalue weighted by Crippen LogP contribution is 2.38. The van der Waals surface area contributed by atoms with Gasteiger partial charge in [-0.15, -0.1) is 11.8 Å². The lowest BCUT2D eigenvalue weighted by Crippen LogP contribution is -2.14. The van der Waals surface area contributed by atoms with Crippen molar-refractivity contribution in [1.82, 2.24) is 0 Å². The highest BCUT2D eigenvalue weighted by molar-refractivity contribution is 7.99. The molecule has 0 fully saturated rings. The molecule has 3 rings (SSSR count). The van der Waals surface area contributed by atoms with Crippen molar-refractivity contribution in [3.8, 4) is 11.5 Å². The molecular formula is C18H17ClFNO3S. The van der Waals surface area contributed by atoms with Crippen LogP contribution in [0.3, 0.4) is 0 Å². The highest BCUT2D eigenvalue weighted by Gasteiger charge is 2.15. The van der Waals surface area contributed by atoms with E-state index >= 15 is 0 Å². The Hall–Kier alpha value is -1.92. The quantitative estimate of drug-likeness (QED) is 0.827. The second-order valence-electron chi connectivity index (χ2n) is 5.51. The Kier molecular flexibility index (Phi) is 6.04. The lowest BCUT2D eigenvalue weighted by molar-refractivity contribution is -0.113. The van der Waals surface area contributed by atoms with Crippen molar-refractivity contribution in [2.24, 2.45) is 0 Å². The number of hydrogen-bond acceptors (Lipinski definition) is 4. The number of anilines is 1. The molecule has 1 aliphatic rings. The number of ether oxygens (including phenoxy) is 2. The van der Waals surface area contributed by atoms with E-state index in [4.69, 9.17) is 21.1 Å². The normalized spacial score (nSPS) is 13.2. The molecule has 132 valence electrons. The average Bonchev–Trinajstić information content (AvgIpc) is 2.80. The number of carbonyl (C=O) groups excluding carboxylic acids is 1. The maximum atomic E-state index is 13.1. The van der Waals surface area contributed by atoms with E-state index in [1.54, 1.807) is 12.1 Å². The van der Waals surface area contributed by atoms with E-state index < -0.39 is 0 Å². The maximum absolute atomic E-state index is 13.1. The zero-order chi connectivity index (χ0) is 17.6. The molecule has 25 heavy (non-hydrogen) atoms. The molecule has 0 radical (unpaired) electrons. The minimum atomic E-state index is -0.382. The van der Waals surface area contributed by atoms with Crippen LogP contribution >= 0.6 is 23.4 Å². The van der Waals surface area contributed by atoms with E-state index in [1.807, 2.05) is 12.1 Å². The van der Waals surface area contributed by atoms with Crippen LogP contribution in [0.15, 0.2) is 36.4 Å². The van der Waals surface area contributed by atoms with Crippen molar-refractivity contribution in [3.63, 3.8) is 0 Å². The van der Waals surface area contributed by atoms with E-state index in [9.17, 15) is 9.18 Å². The lowest BCUT2D eigenvalue weighted by atomic mass is 10.2. The number of halogens is 2. The summed E-state index contributed by atoms with van der Waals surface area (Å²) < 4.78 is 24.4. The van der Waals surface area contributed by atoms with Crippen LogP contribution in [0.4, 0.5) is 10.1 Å². The summed E-state index contributed by atoms with van der Waals surface area (Å²) in [6.07, 6.45) is 0.815. The van der Waals surface area contributed by atoms with Crippen LogP contribution in [-0.4, -0.2) is 24.9 Å². The van der Waals surface area contributed by atoms with Crippen LogP contribution < -0.4 is 14.8 Å². The van der Waals surface area contributed by atoms with Gasteiger partial charge in [-0.25, -0.2) is 4.39 Å². The van der Waals surface area contributed by atoms with E-state index in [2.05, 4.69) is 5.32 Å². The molecule has 7 heteroatoms. The molecule has 1 aliphatic heterocycles. The van der Waals surface area contributed by atoms with Gasteiger partial charge in [-0.2, -0.15) is 0 Å². The molecule has 0 saturated carbocycles. The standard InChI is InChI=1S/C18H17ClFNO3S/c19-15-7-12(8-16-18(15)24-6-2-5-23-16)10-25-11-17(22)21-14-4-1-3-13(20)9-14/h1,3-4,7-9H,2,5-6,10-11H2,(H,21,22). The Balaban J connectivity index is 1.54. The molecule has 0 spiro atoms. The van der Waals surface area contributed by atoms with Crippen molar-refractivity contribution < 1.29 is 18.7 Å². The molecule has 0 atom stereocenters. The topological polar surface area (TPSA) is 47.6 Å².